The molecule has 1 amide bonds. The molecule has 0 bridgehead atoms. The molecule has 0 spiro atoms. The van der Waals surface area contributed by atoms with Crippen LogP contribution < -0.4 is 0 Å². The van der Waals surface area contributed by atoms with E-state index in [-0.39, 0.29) is 21.4 Å². The number of methoxy groups -OCH3 is 1. The number of ether oxygens (including phenoxy) is 1. The van der Waals surface area contributed by atoms with Crippen LogP contribution in [-0.2, 0) is 14.3 Å². The fraction of sp³-hybridized carbons (Fsp3) is 0.556. The molecule has 5 nitrogen and oxygen atoms in total. The third kappa shape index (κ3) is 4.36. The number of likely N-dealkylation sites (tertiary alicyclic amines) is 1. The minimum absolute atomic E-state index is 0.0515. The van der Waals surface area contributed by atoms with E-state index in [1.54, 1.807) is 4.90 Å². The van der Waals surface area contributed by atoms with E-state index in [1.807, 2.05) is 30.3 Å². The second kappa shape index (κ2) is 8.94. The molecule has 2 rings (SSSR count). The van der Waals surface area contributed by atoms with Crippen molar-refractivity contribution in [2.75, 3.05) is 27.2 Å². The average Bonchev–Trinajstić information content (AvgIpc) is 3.06. The quantitative estimate of drug-likeness (QED) is 0.417. The first-order chi connectivity index (χ1) is 11.5. The number of hydrogen-bond acceptors (Lipinski definition) is 4. The van der Waals surface area contributed by atoms with Crippen molar-refractivity contribution >= 4 is 37.6 Å². The van der Waals surface area contributed by atoms with Gasteiger partial charge in [0.15, 0.2) is 0 Å². The summed E-state index contributed by atoms with van der Waals surface area (Å²) in [4.78, 5) is 29.2. The first kappa shape index (κ1) is 19.4. The van der Waals surface area contributed by atoms with Gasteiger partial charge < -0.3 is 0 Å². The molecule has 3 radical (unpaired) electrons. The third-order valence-electron chi connectivity index (χ3n) is 4.61. The predicted octanol–water partition coefficient (Wildman–Crippen LogP) is 1.38. The van der Waals surface area contributed by atoms with Crippen molar-refractivity contribution in [2.45, 2.75) is 35.3 Å². The SMILES string of the molecule is CCCN(C)C1CC(C(=O)OC)N(C(=O)[CH]([Pb])c2ccccc2)C1. The van der Waals surface area contributed by atoms with Crippen molar-refractivity contribution in [3.63, 3.8) is 0 Å². The molecule has 0 aromatic heterocycles. The van der Waals surface area contributed by atoms with Gasteiger partial charge in [-0.2, -0.15) is 0 Å². The van der Waals surface area contributed by atoms with Gasteiger partial charge in [0.1, 0.15) is 0 Å². The van der Waals surface area contributed by atoms with Gasteiger partial charge in [-0.05, 0) is 0 Å². The summed E-state index contributed by atoms with van der Waals surface area (Å²) in [5, 5.41) is 0. The molecule has 3 unspecified atom stereocenters. The van der Waals surface area contributed by atoms with E-state index in [2.05, 4.69) is 18.9 Å². The molecule has 1 saturated heterocycles. The fourth-order valence-corrected chi connectivity index (χ4v) is 4.62. The van der Waals surface area contributed by atoms with Gasteiger partial charge in [0.25, 0.3) is 0 Å². The van der Waals surface area contributed by atoms with Crippen LogP contribution in [0, 0.1) is 0 Å². The molecule has 0 aliphatic carbocycles. The molecule has 129 valence electrons. The zero-order valence-corrected chi connectivity index (χ0v) is 18.5. The van der Waals surface area contributed by atoms with Crippen LogP contribution in [0.5, 0.6) is 0 Å². The van der Waals surface area contributed by atoms with E-state index >= 15 is 0 Å². The number of likely N-dealkylation sites (N-methyl/N-ethyl adjacent to an activating group) is 1. The number of nitrogens with zero attached hydrogens (tertiary/aromatic N) is 2. The molecule has 1 aromatic rings. The van der Waals surface area contributed by atoms with Gasteiger partial charge in [0.2, 0.25) is 0 Å². The summed E-state index contributed by atoms with van der Waals surface area (Å²) in [5.74, 6) is -0.256. The van der Waals surface area contributed by atoms with Gasteiger partial charge in [0.05, 0.1) is 0 Å². The van der Waals surface area contributed by atoms with E-state index in [9.17, 15) is 9.59 Å². The van der Waals surface area contributed by atoms with Crippen molar-refractivity contribution in [3.8, 4) is 0 Å². The number of carbonyl (C=O) groups is 2. The number of rotatable bonds is 6. The molecule has 1 aromatic carbocycles. The number of esters is 1. The van der Waals surface area contributed by atoms with Gasteiger partial charge in [-0.25, -0.2) is 0 Å². The first-order valence-corrected chi connectivity index (χ1v) is 10.6. The zero-order valence-electron chi connectivity index (χ0n) is 14.6. The van der Waals surface area contributed by atoms with Crippen LogP contribution in [0.25, 0.3) is 0 Å². The first-order valence-electron chi connectivity index (χ1n) is 8.34. The van der Waals surface area contributed by atoms with E-state index in [4.69, 9.17) is 4.74 Å². The molecule has 1 aliphatic heterocycles. The summed E-state index contributed by atoms with van der Waals surface area (Å²) in [6, 6.07) is 9.57. The molecule has 3 atom stereocenters. The zero-order chi connectivity index (χ0) is 17.7. The van der Waals surface area contributed by atoms with E-state index in [1.165, 1.54) is 7.11 Å². The molecular formula is C18H25N2O3Pb. The Labute approximate surface area is 160 Å². The Morgan fingerprint density at radius 3 is 2.62 bits per heavy atom. The Kier molecular flexibility index (Phi) is 7.21. The van der Waals surface area contributed by atoms with Crippen LogP contribution in [-0.4, -0.2) is 86.8 Å². The number of benzene rings is 1. The Morgan fingerprint density at radius 1 is 1.38 bits per heavy atom. The normalized spacial score (nSPS) is 21.8. The summed E-state index contributed by atoms with van der Waals surface area (Å²) in [7, 11) is 3.45. The van der Waals surface area contributed by atoms with Gasteiger partial charge in [-0.1, -0.05) is 0 Å². The van der Waals surface area contributed by atoms with Crippen molar-refractivity contribution in [2.24, 2.45) is 0 Å². The van der Waals surface area contributed by atoms with E-state index in [0.717, 1.165) is 44.3 Å². The minimum atomic E-state index is -0.466. The molecule has 1 heterocycles. The van der Waals surface area contributed by atoms with Crippen molar-refractivity contribution in [3.05, 3.63) is 35.9 Å². The van der Waals surface area contributed by atoms with Crippen LogP contribution in [0.15, 0.2) is 30.3 Å². The van der Waals surface area contributed by atoms with Crippen LogP contribution in [0.4, 0.5) is 0 Å². The number of carbonyl (C=O) groups excluding carboxylic acids is 2. The molecule has 0 N–H and O–H groups in total. The molecule has 0 saturated carbocycles. The Bertz CT molecular complexity index is 567. The summed E-state index contributed by atoms with van der Waals surface area (Å²) in [6.45, 7) is 3.69. The summed E-state index contributed by atoms with van der Waals surface area (Å²) in [6.07, 6.45) is 1.70. The van der Waals surface area contributed by atoms with Crippen LogP contribution in [0.2, 0.25) is 0 Å². The van der Waals surface area contributed by atoms with Crippen molar-refractivity contribution < 1.29 is 14.3 Å². The number of amides is 1. The average molecular weight is 525 g/mol. The molecular weight excluding hydrogens is 499 g/mol. The molecule has 1 aliphatic rings. The third-order valence-corrected chi connectivity index (χ3v) is 6.87. The maximum atomic E-state index is 13.0. The van der Waals surface area contributed by atoms with Crippen molar-refractivity contribution in [1.82, 2.24) is 9.80 Å². The predicted molar refractivity (Wildman–Crippen MR) is 93.8 cm³/mol. The second-order valence-electron chi connectivity index (χ2n) is 6.24. The van der Waals surface area contributed by atoms with Crippen LogP contribution in [0.1, 0.15) is 28.8 Å². The maximum absolute atomic E-state index is 13.0. The molecule has 6 heteroatoms. The topological polar surface area (TPSA) is 49.9 Å². The Hall–Kier alpha value is -0.958. The summed E-state index contributed by atoms with van der Waals surface area (Å²) >= 11 is 0.718. The van der Waals surface area contributed by atoms with E-state index in [0.29, 0.717) is 13.0 Å². The standard InChI is InChI=1S/C18H25N2O3.Pb/c1-4-10-19(2)15-12-16(18(22)23-3)20(13-15)17(21)11-14-8-6-5-7-9-14;/h5-9,11,15-16H,4,10,12-13H2,1-3H3;. The molecule has 1 fully saturated rings. The van der Waals surface area contributed by atoms with Crippen LogP contribution >= 0.6 is 0 Å². The Balaban J connectivity index is 2.18. The van der Waals surface area contributed by atoms with Gasteiger partial charge in [0, 0.05) is 0 Å². The van der Waals surface area contributed by atoms with E-state index < -0.39 is 6.04 Å². The van der Waals surface area contributed by atoms with Gasteiger partial charge in [-0.15, -0.1) is 0 Å². The van der Waals surface area contributed by atoms with Gasteiger partial charge in [-0.3, -0.25) is 0 Å². The monoisotopic (exact) mass is 525 g/mol. The summed E-state index contributed by atoms with van der Waals surface area (Å²) in [5.41, 5.74) is 1.03. The number of hydrogen-bond donors (Lipinski definition) is 0. The fourth-order valence-electron chi connectivity index (χ4n) is 3.23. The summed E-state index contributed by atoms with van der Waals surface area (Å²) < 4.78 is 4.82. The van der Waals surface area contributed by atoms with Crippen molar-refractivity contribution in [1.29, 1.82) is 0 Å². The van der Waals surface area contributed by atoms with Gasteiger partial charge >= 0.3 is 160 Å². The van der Waals surface area contributed by atoms with Crippen LogP contribution in [0.3, 0.4) is 0 Å². The molecule has 24 heavy (non-hydrogen) atoms. The Morgan fingerprint density at radius 2 is 2.04 bits per heavy atom. The second-order valence-corrected chi connectivity index (χ2v) is 8.49.